The molecule has 2 aromatic heterocycles. The summed E-state index contributed by atoms with van der Waals surface area (Å²) in [5.41, 5.74) is 1.42. The Bertz CT molecular complexity index is 764. The molecule has 0 aliphatic rings. The molecule has 22 heavy (non-hydrogen) atoms. The van der Waals surface area contributed by atoms with Gasteiger partial charge in [0.05, 0.1) is 0 Å². The van der Waals surface area contributed by atoms with Crippen LogP contribution in [0.5, 0.6) is 0 Å². The second kappa shape index (κ2) is 6.62. The maximum absolute atomic E-state index is 11.0. The van der Waals surface area contributed by atoms with E-state index in [0.717, 1.165) is 5.57 Å². The SMILES string of the molecule is C/C=C\C=C(/C)[C@H](C)Nc1cc(Cl)nc2cc(C(=O)O)nn12. The molecule has 0 aliphatic heterocycles. The molecule has 116 valence electrons. The fourth-order valence-corrected chi connectivity index (χ4v) is 2.07. The topological polar surface area (TPSA) is 79.5 Å². The van der Waals surface area contributed by atoms with Gasteiger partial charge in [0, 0.05) is 18.2 Å². The Morgan fingerprint density at radius 1 is 1.50 bits per heavy atom. The highest BCUT2D eigenvalue weighted by atomic mass is 35.5. The molecule has 0 spiro atoms. The van der Waals surface area contributed by atoms with Crippen LogP contribution in [0.3, 0.4) is 0 Å². The molecule has 2 rings (SSSR count). The molecule has 2 aromatic rings. The Balaban J connectivity index is 2.40. The highest BCUT2D eigenvalue weighted by Gasteiger charge is 2.14. The maximum Gasteiger partial charge on any atom is 0.356 e. The number of rotatable bonds is 5. The fourth-order valence-electron chi connectivity index (χ4n) is 1.88. The van der Waals surface area contributed by atoms with Crippen LogP contribution in [0.1, 0.15) is 31.3 Å². The molecular formula is C15H17ClN4O2. The number of aromatic carboxylic acids is 1. The van der Waals surface area contributed by atoms with E-state index in [-0.39, 0.29) is 16.9 Å². The van der Waals surface area contributed by atoms with E-state index in [0.29, 0.717) is 11.5 Å². The summed E-state index contributed by atoms with van der Waals surface area (Å²) in [6.45, 7) is 5.95. The van der Waals surface area contributed by atoms with Crippen molar-refractivity contribution in [3.8, 4) is 0 Å². The number of hydrogen-bond acceptors (Lipinski definition) is 4. The Kier molecular flexibility index (Phi) is 4.82. The molecule has 0 saturated heterocycles. The van der Waals surface area contributed by atoms with Crippen LogP contribution in [0.2, 0.25) is 5.15 Å². The third kappa shape index (κ3) is 3.46. The van der Waals surface area contributed by atoms with Crippen molar-refractivity contribution in [2.24, 2.45) is 0 Å². The molecule has 2 N–H and O–H groups in total. The number of allylic oxidation sites excluding steroid dienone is 3. The summed E-state index contributed by atoms with van der Waals surface area (Å²) in [4.78, 5) is 15.1. The van der Waals surface area contributed by atoms with Crippen molar-refractivity contribution < 1.29 is 9.90 Å². The Morgan fingerprint density at radius 2 is 2.23 bits per heavy atom. The van der Waals surface area contributed by atoms with E-state index in [2.05, 4.69) is 15.4 Å². The Hall–Kier alpha value is -2.34. The molecule has 0 fully saturated rings. The highest BCUT2D eigenvalue weighted by Crippen LogP contribution is 2.19. The fraction of sp³-hybridized carbons (Fsp3) is 0.267. The summed E-state index contributed by atoms with van der Waals surface area (Å²) in [5.74, 6) is -0.520. The minimum Gasteiger partial charge on any atom is -0.476 e. The number of fused-ring (bicyclic) bond motifs is 1. The van der Waals surface area contributed by atoms with E-state index in [1.165, 1.54) is 10.6 Å². The first kappa shape index (κ1) is 16.0. The van der Waals surface area contributed by atoms with E-state index in [9.17, 15) is 4.79 Å². The minimum atomic E-state index is -1.11. The smallest absolute Gasteiger partial charge is 0.356 e. The van der Waals surface area contributed by atoms with Gasteiger partial charge in [0.2, 0.25) is 0 Å². The van der Waals surface area contributed by atoms with Gasteiger partial charge in [-0.25, -0.2) is 9.78 Å². The van der Waals surface area contributed by atoms with E-state index in [1.807, 2.05) is 39.0 Å². The van der Waals surface area contributed by atoms with Gasteiger partial charge in [0.25, 0.3) is 0 Å². The monoisotopic (exact) mass is 320 g/mol. The third-order valence-electron chi connectivity index (χ3n) is 3.21. The zero-order valence-corrected chi connectivity index (χ0v) is 13.3. The van der Waals surface area contributed by atoms with E-state index in [1.54, 1.807) is 6.07 Å². The lowest BCUT2D eigenvalue weighted by molar-refractivity contribution is 0.0690. The average molecular weight is 321 g/mol. The Labute approximate surface area is 133 Å². The normalized spacial score (nSPS) is 13.7. The van der Waals surface area contributed by atoms with Gasteiger partial charge < -0.3 is 10.4 Å². The van der Waals surface area contributed by atoms with E-state index in [4.69, 9.17) is 16.7 Å². The quantitative estimate of drug-likeness (QED) is 0.652. The zero-order valence-electron chi connectivity index (χ0n) is 12.5. The van der Waals surface area contributed by atoms with E-state index < -0.39 is 5.97 Å². The second-order valence-corrected chi connectivity index (χ2v) is 5.26. The number of nitrogens with one attached hydrogen (secondary N) is 1. The summed E-state index contributed by atoms with van der Waals surface area (Å²) in [6.07, 6.45) is 5.91. The highest BCUT2D eigenvalue weighted by molar-refractivity contribution is 6.29. The van der Waals surface area contributed by atoms with Gasteiger partial charge in [0.15, 0.2) is 11.3 Å². The lowest BCUT2D eigenvalue weighted by atomic mass is 10.1. The van der Waals surface area contributed by atoms with Crippen molar-refractivity contribution in [1.29, 1.82) is 0 Å². The molecule has 6 nitrogen and oxygen atoms in total. The van der Waals surface area contributed by atoms with Crippen molar-refractivity contribution >= 4 is 29.0 Å². The van der Waals surface area contributed by atoms with Gasteiger partial charge in [-0.1, -0.05) is 35.4 Å². The standard InChI is InChI=1S/C15H17ClN4O2/c1-4-5-6-9(2)10(3)17-14-8-12(16)18-13-7-11(15(21)22)19-20(13)14/h4-8,10,17H,1-3H3,(H,21,22)/b5-4-,9-6+/t10-/m0/s1. The van der Waals surface area contributed by atoms with Crippen molar-refractivity contribution in [2.45, 2.75) is 26.8 Å². The third-order valence-corrected chi connectivity index (χ3v) is 3.41. The van der Waals surface area contributed by atoms with Crippen LogP contribution >= 0.6 is 11.6 Å². The molecule has 0 amide bonds. The summed E-state index contributed by atoms with van der Waals surface area (Å²) in [7, 11) is 0. The van der Waals surface area contributed by atoms with Gasteiger partial charge >= 0.3 is 5.97 Å². The van der Waals surface area contributed by atoms with Crippen LogP contribution < -0.4 is 5.32 Å². The van der Waals surface area contributed by atoms with Crippen LogP contribution in [-0.4, -0.2) is 31.7 Å². The first-order chi connectivity index (χ1) is 10.4. The number of halogens is 1. The van der Waals surface area contributed by atoms with Gasteiger partial charge in [-0.2, -0.15) is 9.61 Å². The van der Waals surface area contributed by atoms with Crippen LogP contribution in [0.15, 0.2) is 35.9 Å². The number of carboxylic acid groups (broad SMARTS) is 1. The molecule has 0 unspecified atom stereocenters. The van der Waals surface area contributed by atoms with Crippen LogP contribution in [0.25, 0.3) is 5.65 Å². The first-order valence-electron chi connectivity index (χ1n) is 6.78. The number of aromatic nitrogens is 3. The largest absolute Gasteiger partial charge is 0.476 e. The molecule has 0 aromatic carbocycles. The molecular weight excluding hydrogens is 304 g/mol. The molecule has 1 atom stereocenters. The van der Waals surface area contributed by atoms with Gasteiger partial charge in [-0.05, 0) is 20.8 Å². The number of anilines is 1. The molecule has 0 saturated carbocycles. The summed E-state index contributed by atoms with van der Waals surface area (Å²) in [6, 6.07) is 3.02. The molecule has 0 bridgehead atoms. The number of carboxylic acids is 1. The second-order valence-electron chi connectivity index (χ2n) is 4.87. The number of hydrogen-bond donors (Lipinski definition) is 2. The molecule has 7 heteroatoms. The number of nitrogens with zero attached hydrogens (tertiary/aromatic N) is 3. The van der Waals surface area contributed by atoms with Gasteiger partial charge in [-0.15, -0.1) is 0 Å². The summed E-state index contributed by atoms with van der Waals surface area (Å²) in [5, 5.41) is 16.6. The van der Waals surface area contributed by atoms with Gasteiger partial charge in [-0.3, -0.25) is 0 Å². The predicted molar refractivity (Wildman–Crippen MR) is 86.6 cm³/mol. The van der Waals surface area contributed by atoms with Crippen LogP contribution in [0, 0.1) is 0 Å². The molecule has 2 heterocycles. The van der Waals surface area contributed by atoms with Crippen molar-refractivity contribution in [3.63, 3.8) is 0 Å². The zero-order chi connectivity index (χ0) is 16.3. The van der Waals surface area contributed by atoms with Crippen molar-refractivity contribution in [3.05, 3.63) is 46.8 Å². The van der Waals surface area contributed by atoms with Gasteiger partial charge in [0.1, 0.15) is 11.0 Å². The first-order valence-corrected chi connectivity index (χ1v) is 7.15. The van der Waals surface area contributed by atoms with E-state index >= 15 is 0 Å². The average Bonchev–Trinajstić information content (AvgIpc) is 2.88. The maximum atomic E-state index is 11.0. The Morgan fingerprint density at radius 3 is 2.86 bits per heavy atom. The lowest BCUT2D eigenvalue weighted by Gasteiger charge is -2.16. The molecule has 0 aliphatic carbocycles. The minimum absolute atomic E-state index is 0.0235. The summed E-state index contributed by atoms with van der Waals surface area (Å²) >= 11 is 5.99. The van der Waals surface area contributed by atoms with Crippen LogP contribution in [-0.2, 0) is 0 Å². The molecule has 0 radical (unpaired) electrons. The van der Waals surface area contributed by atoms with Crippen LogP contribution in [0.4, 0.5) is 5.82 Å². The lowest BCUT2D eigenvalue weighted by Crippen LogP contribution is -2.19. The predicted octanol–water partition coefficient (Wildman–Crippen LogP) is 3.40. The van der Waals surface area contributed by atoms with Crippen molar-refractivity contribution in [2.75, 3.05) is 5.32 Å². The summed E-state index contributed by atoms with van der Waals surface area (Å²) < 4.78 is 1.44. The van der Waals surface area contributed by atoms with Crippen molar-refractivity contribution in [1.82, 2.24) is 14.6 Å². The number of carbonyl (C=O) groups is 1.